The molecule has 0 bridgehead atoms. The van der Waals surface area contributed by atoms with Crippen molar-refractivity contribution in [2.45, 2.75) is 53.1 Å². The van der Waals surface area contributed by atoms with Crippen LogP contribution in [0.15, 0.2) is 4.99 Å². The van der Waals surface area contributed by atoms with E-state index in [4.69, 9.17) is 4.74 Å². The van der Waals surface area contributed by atoms with E-state index < -0.39 is 5.60 Å². The van der Waals surface area contributed by atoms with E-state index >= 15 is 0 Å². The first-order valence-corrected chi connectivity index (χ1v) is 8.63. The molecule has 0 spiro atoms. The average molecular weight is 326 g/mol. The lowest BCUT2D eigenvalue weighted by atomic mass is 9.97. The van der Waals surface area contributed by atoms with E-state index in [0.717, 1.165) is 30.9 Å². The Balaban J connectivity index is 2.26. The zero-order chi connectivity index (χ0) is 17.5. The molecule has 1 atom stereocenters. The normalized spacial score (nSPS) is 19.2. The first-order chi connectivity index (χ1) is 10.7. The van der Waals surface area contributed by atoms with Crippen molar-refractivity contribution in [1.82, 2.24) is 15.5 Å². The molecule has 1 unspecified atom stereocenters. The van der Waals surface area contributed by atoms with Crippen LogP contribution < -0.4 is 10.6 Å². The van der Waals surface area contributed by atoms with E-state index in [1.807, 2.05) is 20.8 Å². The van der Waals surface area contributed by atoms with Crippen molar-refractivity contribution >= 4 is 12.1 Å². The SMILES string of the molecule is CN=C(NCCNC(=O)OC(C)(C)C)N1CCC(CC(C)C)C1. The molecule has 23 heavy (non-hydrogen) atoms. The van der Waals surface area contributed by atoms with Gasteiger partial charge in [0.05, 0.1) is 0 Å². The summed E-state index contributed by atoms with van der Waals surface area (Å²) in [4.78, 5) is 18.2. The molecule has 1 fully saturated rings. The number of nitrogens with zero attached hydrogens (tertiary/aromatic N) is 2. The highest BCUT2D eigenvalue weighted by atomic mass is 16.6. The molecule has 1 heterocycles. The number of carbonyl (C=O) groups is 1. The fraction of sp³-hybridized carbons (Fsp3) is 0.882. The summed E-state index contributed by atoms with van der Waals surface area (Å²) in [5.74, 6) is 2.42. The molecule has 0 saturated carbocycles. The summed E-state index contributed by atoms with van der Waals surface area (Å²) in [6, 6.07) is 0. The van der Waals surface area contributed by atoms with Crippen molar-refractivity contribution in [2.75, 3.05) is 33.2 Å². The molecule has 1 aliphatic rings. The number of hydrogen-bond donors (Lipinski definition) is 2. The molecule has 134 valence electrons. The molecule has 2 N–H and O–H groups in total. The third kappa shape index (κ3) is 8.09. The Morgan fingerprint density at radius 2 is 1.96 bits per heavy atom. The van der Waals surface area contributed by atoms with E-state index in [9.17, 15) is 4.79 Å². The van der Waals surface area contributed by atoms with Crippen molar-refractivity contribution < 1.29 is 9.53 Å². The monoisotopic (exact) mass is 326 g/mol. The van der Waals surface area contributed by atoms with E-state index in [2.05, 4.69) is 34.4 Å². The molecule has 1 saturated heterocycles. The van der Waals surface area contributed by atoms with Crippen molar-refractivity contribution in [1.29, 1.82) is 0 Å². The lowest BCUT2D eigenvalue weighted by Crippen LogP contribution is -2.44. The maximum Gasteiger partial charge on any atom is 0.407 e. The van der Waals surface area contributed by atoms with Gasteiger partial charge in [-0.15, -0.1) is 0 Å². The quantitative estimate of drug-likeness (QED) is 0.463. The summed E-state index contributed by atoms with van der Waals surface area (Å²) in [6.07, 6.45) is 2.12. The number of alkyl carbamates (subject to hydrolysis) is 1. The Bertz CT molecular complexity index is 402. The van der Waals surface area contributed by atoms with E-state index in [0.29, 0.717) is 13.1 Å². The minimum atomic E-state index is -0.464. The zero-order valence-electron chi connectivity index (χ0n) is 15.6. The van der Waals surface area contributed by atoms with Gasteiger partial charge in [0.2, 0.25) is 0 Å². The van der Waals surface area contributed by atoms with Crippen LogP contribution in [0.5, 0.6) is 0 Å². The van der Waals surface area contributed by atoms with Gasteiger partial charge >= 0.3 is 6.09 Å². The summed E-state index contributed by atoms with van der Waals surface area (Å²) >= 11 is 0. The van der Waals surface area contributed by atoms with Crippen molar-refractivity contribution in [3.05, 3.63) is 0 Å². The van der Waals surface area contributed by atoms with Crippen LogP contribution in [-0.2, 0) is 4.74 Å². The highest BCUT2D eigenvalue weighted by molar-refractivity contribution is 5.80. The third-order valence-electron chi connectivity index (χ3n) is 3.68. The second-order valence-electron chi connectivity index (χ2n) is 7.63. The maximum absolute atomic E-state index is 11.6. The molecular weight excluding hydrogens is 292 g/mol. The fourth-order valence-electron chi connectivity index (χ4n) is 2.87. The van der Waals surface area contributed by atoms with Crippen molar-refractivity contribution in [3.8, 4) is 0 Å². The molecule has 0 aliphatic carbocycles. The second-order valence-corrected chi connectivity index (χ2v) is 7.63. The predicted octanol–water partition coefficient (Wildman–Crippen LogP) is 2.45. The first-order valence-electron chi connectivity index (χ1n) is 8.63. The molecular formula is C17H34N4O2. The minimum Gasteiger partial charge on any atom is -0.444 e. The molecule has 0 aromatic rings. The van der Waals surface area contributed by atoms with Crippen LogP contribution in [0.25, 0.3) is 0 Å². The number of hydrogen-bond acceptors (Lipinski definition) is 3. The lowest BCUT2D eigenvalue weighted by Gasteiger charge is -2.23. The molecule has 0 radical (unpaired) electrons. The van der Waals surface area contributed by atoms with Crippen LogP contribution in [0.4, 0.5) is 4.79 Å². The van der Waals surface area contributed by atoms with Gasteiger partial charge in [-0.3, -0.25) is 4.99 Å². The van der Waals surface area contributed by atoms with Crippen LogP contribution in [0.1, 0.15) is 47.5 Å². The summed E-state index contributed by atoms with van der Waals surface area (Å²) < 4.78 is 5.20. The Labute approximate surface area is 141 Å². The predicted molar refractivity (Wildman–Crippen MR) is 94.7 cm³/mol. The number of ether oxygens (including phenoxy) is 1. The van der Waals surface area contributed by atoms with Gasteiger partial charge in [0, 0.05) is 33.2 Å². The average Bonchev–Trinajstić information content (AvgIpc) is 2.84. The first kappa shape index (κ1) is 19.6. The smallest absolute Gasteiger partial charge is 0.407 e. The largest absolute Gasteiger partial charge is 0.444 e. The van der Waals surface area contributed by atoms with Gasteiger partial charge in [0.1, 0.15) is 5.60 Å². The highest BCUT2D eigenvalue weighted by Crippen LogP contribution is 2.23. The summed E-state index contributed by atoms with van der Waals surface area (Å²) in [5.41, 5.74) is -0.464. The molecule has 1 amide bonds. The number of carbonyl (C=O) groups excluding carboxylic acids is 1. The molecule has 1 rings (SSSR count). The Morgan fingerprint density at radius 1 is 1.30 bits per heavy atom. The van der Waals surface area contributed by atoms with Gasteiger partial charge in [0.25, 0.3) is 0 Å². The summed E-state index contributed by atoms with van der Waals surface area (Å²) in [5, 5.41) is 6.06. The number of nitrogens with one attached hydrogen (secondary N) is 2. The van der Waals surface area contributed by atoms with Gasteiger partial charge in [-0.2, -0.15) is 0 Å². The van der Waals surface area contributed by atoms with Gasteiger partial charge in [-0.1, -0.05) is 13.8 Å². The number of rotatable bonds is 5. The van der Waals surface area contributed by atoms with Crippen LogP contribution >= 0.6 is 0 Å². The maximum atomic E-state index is 11.6. The number of amides is 1. The standard InChI is InChI=1S/C17H34N4O2/c1-13(2)11-14-7-10-21(12-14)15(18-6)19-8-9-20-16(22)23-17(3,4)5/h13-14H,7-12H2,1-6H3,(H,18,19)(H,20,22). The van der Waals surface area contributed by atoms with E-state index in [1.165, 1.54) is 12.8 Å². The zero-order valence-corrected chi connectivity index (χ0v) is 15.6. The number of guanidine groups is 1. The Morgan fingerprint density at radius 3 is 2.52 bits per heavy atom. The molecule has 0 aromatic heterocycles. The van der Waals surface area contributed by atoms with E-state index in [-0.39, 0.29) is 6.09 Å². The van der Waals surface area contributed by atoms with Gasteiger partial charge in [-0.05, 0) is 45.4 Å². The summed E-state index contributed by atoms with van der Waals surface area (Å²) in [6.45, 7) is 13.4. The van der Waals surface area contributed by atoms with E-state index in [1.54, 1.807) is 7.05 Å². The number of likely N-dealkylation sites (tertiary alicyclic amines) is 1. The van der Waals surface area contributed by atoms with Crippen molar-refractivity contribution in [3.63, 3.8) is 0 Å². The topological polar surface area (TPSA) is 66.0 Å². The number of aliphatic imine (C=N–C) groups is 1. The molecule has 6 heteroatoms. The summed E-state index contributed by atoms with van der Waals surface area (Å²) in [7, 11) is 1.80. The van der Waals surface area contributed by atoms with Crippen LogP contribution in [-0.4, -0.2) is 55.8 Å². The van der Waals surface area contributed by atoms with Crippen LogP contribution in [0.2, 0.25) is 0 Å². The van der Waals surface area contributed by atoms with Crippen molar-refractivity contribution in [2.24, 2.45) is 16.8 Å². The molecule has 6 nitrogen and oxygen atoms in total. The molecule has 0 aromatic carbocycles. The Kier molecular flexibility index (Phi) is 7.65. The fourth-order valence-corrected chi connectivity index (χ4v) is 2.87. The minimum absolute atomic E-state index is 0.382. The van der Waals surface area contributed by atoms with Gasteiger partial charge in [0.15, 0.2) is 5.96 Å². The van der Waals surface area contributed by atoms with Crippen LogP contribution in [0, 0.1) is 11.8 Å². The highest BCUT2D eigenvalue weighted by Gasteiger charge is 2.25. The Hall–Kier alpha value is -1.46. The second kappa shape index (κ2) is 8.99. The third-order valence-corrected chi connectivity index (χ3v) is 3.68. The van der Waals surface area contributed by atoms with Crippen LogP contribution in [0.3, 0.4) is 0 Å². The lowest BCUT2D eigenvalue weighted by molar-refractivity contribution is 0.0529. The van der Waals surface area contributed by atoms with Gasteiger partial charge in [-0.25, -0.2) is 4.79 Å². The molecule has 1 aliphatic heterocycles. The van der Waals surface area contributed by atoms with Gasteiger partial charge < -0.3 is 20.3 Å².